The van der Waals surface area contributed by atoms with Gasteiger partial charge in [-0.15, -0.1) is 0 Å². The maximum absolute atomic E-state index is 11.2. The normalized spacial score (nSPS) is 35.3. The number of fused-ring (bicyclic) bond motifs is 2. The number of allylic oxidation sites excluding steroid dienone is 2. The lowest BCUT2D eigenvalue weighted by atomic mass is 9.90. The molecule has 3 nitrogen and oxygen atoms in total. The Balaban J connectivity index is 1.83. The second-order valence-electron chi connectivity index (χ2n) is 4.00. The van der Waals surface area contributed by atoms with E-state index in [-0.39, 0.29) is 12.6 Å². The molecule has 0 saturated heterocycles. The molecular weight excluding hydrogens is 166 g/mol. The number of hydrogen-bond acceptors (Lipinski definition) is 2. The van der Waals surface area contributed by atoms with Crippen molar-refractivity contribution in [2.75, 3.05) is 6.73 Å². The molecule has 0 heterocycles. The quantitative estimate of drug-likeness (QED) is 0.496. The van der Waals surface area contributed by atoms with E-state index in [4.69, 9.17) is 5.11 Å². The second kappa shape index (κ2) is 3.50. The topological polar surface area (TPSA) is 49.3 Å². The Bertz CT molecular complexity index is 237. The second-order valence-corrected chi connectivity index (χ2v) is 4.00. The first-order valence-corrected chi connectivity index (χ1v) is 4.85. The van der Waals surface area contributed by atoms with Crippen molar-refractivity contribution in [3.63, 3.8) is 0 Å². The van der Waals surface area contributed by atoms with Crippen LogP contribution in [0.2, 0.25) is 0 Å². The fourth-order valence-electron chi connectivity index (χ4n) is 2.53. The molecule has 3 heteroatoms. The number of aliphatic hydroxyl groups excluding tert-OH is 1. The van der Waals surface area contributed by atoms with Crippen molar-refractivity contribution in [1.82, 2.24) is 5.32 Å². The zero-order valence-corrected chi connectivity index (χ0v) is 7.57. The Labute approximate surface area is 77.8 Å². The Hall–Kier alpha value is -0.830. The van der Waals surface area contributed by atoms with Crippen molar-refractivity contribution in [1.29, 1.82) is 0 Å². The standard InChI is InChI=1S/C10H15NO2/c12-6-11-10(13)5-9-4-7-1-2-8(9)3-7/h1-2,7-9,12H,3-6H2,(H,11,13). The van der Waals surface area contributed by atoms with E-state index < -0.39 is 0 Å². The number of aliphatic hydroxyl groups is 1. The van der Waals surface area contributed by atoms with Crippen molar-refractivity contribution in [3.8, 4) is 0 Å². The molecule has 2 aliphatic rings. The molecule has 1 amide bonds. The van der Waals surface area contributed by atoms with Gasteiger partial charge in [0.05, 0.1) is 0 Å². The van der Waals surface area contributed by atoms with E-state index in [0.29, 0.717) is 18.3 Å². The van der Waals surface area contributed by atoms with Gasteiger partial charge < -0.3 is 10.4 Å². The lowest BCUT2D eigenvalue weighted by molar-refractivity contribution is -0.123. The van der Waals surface area contributed by atoms with Gasteiger partial charge in [-0.05, 0) is 30.6 Å². The van der Waals surface area contributed by atoms with Gasteiger partial charge in [-0.3, -0.25) is 4.79 Å². The first-order chi connectivity index (χ1) is 6.29. The summed E-state index contributed by atoms with van der Waals surface area (Å²) in [6.45, 7) is -0.241. The summed E-state index contributed by atoms with van der Waals surface area (Å²) in [5.41, 5.74) is 0. The summed E-state index contributed by atoms with van der Waals surface area (Å²) >= 11 is 0. The molecule has 0 aromatic rings. The monoisotopic (exact) mass is 181 g/mol. The van der Waals surface area contributed by atoms with Crippen LogP contribution >= 0.6 is 0 Å². The van der Waals surface area contributed by atoms with Crippen molar-refractivity contribution in [3.05, 3.63) is 12.2 Å². The van der Waals surface area contributed by atoms with E-state index >= 15 is 0 Å². The van der Waals surface area contributed by atoms with Gasteiger partial charge in [-0.2, -0.15) is 0 Å². The predicted molar refractivity (Wildman–Crippen MR) is 48.7 cm³/mol. The van der Waals surface area contributed by atoms with Crippen LogP contribution in [0.5, 0.6) is 0 Å². The van der Waals surface area contributed by atoms with E-state index in [9.17, 15) is 4.79 Å². The molecule has 2 rings (SSSR count). The lowest BCUT2D eigenvalue weighted by Gasteiger charge is -2.16. The average molecular weight is 181 g/mol. The Kier molecular flexibility index (Phi) is 2.36. The highest BCUT2D eigenvalue weighted by molar-refractivity contribution is 5.76. The van der Waals surface area contributed by atoms with Crippen molar-refractivity contribution in [2.24, 2.45) is 17.8 Å². The fraction of sp³-hybridized carbons (Fsp3) is 0.700. The van der Waals surface area contributed by atoms with E-state index in [1.54, 1.807) is 0 Å². The molecule has 2 N–H and O–H groups in total. The first-order valence-electron chi connectivity index (χ1n) is 4.85. The van der Waals surface area contributed by atoms with Crippen LogP contribution in [0.25, 0.3) is 0 Å². The number of nitrogens with one attached hydrogen (secondary N) is 1. The van der Waals surface area contributed by atoms with Gasteiger partial charge in [0.2, 0.25) is 5.91 Å². The third-order valence-corrected chi connectivity index (χ3v) is 3.14. The molecule has 2 aliphatic carbocycles. The molecule has 3 atom stereocenters. The summed E-state index contributed by atoms with van der Waals surface area (Å²) in [6, 6.07) is 0. The van der Waals surface area contributed by atoms with Gasteiger partial charge in [0.25, 0.3) is 0 Å². The zero-order chi connectivity index (χ0) is 9.26. The molecule has 0 aliphatic heterocycles. The van der Waals surface area contributed by atoms with Crippen LogP contribution in [-0.2, 0) is 4.79 Å². The Morgan fingerprint density at radius 3 is 2.85 bits per heavy atom. The Morgan fingerprint density at radius 1 is 1.46 bits per heavy atom. The molecule has 3 unspecified atom stereocenters. The maximum atomic E-state index is 11.2. The largest absolute Gasteiger partial charge is 0.377 e. The molecule has 0 spiro atoms. The highest BCUT2D eigenvalue weighted by atomic mass is 16.3. The predicted octanol–water partition coefficient (Wildman–Crippen LogP) is 0.655. The van der Waals surface area contributed by atoms with Gasteiger partial charge in [-0.1, -0.05) is 12.2 Å². The lowest BCUT2D eigenvalue weighted by Crippen LogP contribution is -2.27. The average Bonchev–Trinajstić information content (AvgIpc) is 2.65. The van der Waals surface area contributed by atoms with Gasteiger partial charge in [0, 0.05) is 6.42 Å². The number of carbonyl (C=O) groups excluding carboxylic acids is 1. The third-order valence-electron chi connectivity index (χ3n) is 3.14. The van der Waals surface area contributed by atoms with Gasteiger partial charge >= 0.3 is 0 Å². The van der Waals surface area contributed by atoms with Gasteiger partial charge in [-0.25, -0.2) is 0 Å². The molecule has 2 bridgehead atoms. The SMILES string of the molecule is O=C(CC1CC2C=CC1C2)NCO. The number of hydrogen-bond donors (Lipinski definition) is 2. The van der Waals surface area contributed by atoms with Crippen LogP contribution in [-0.4, -0.2) is 17.7 Å². The summed E-state index contributed by atoms with van der Waals surface area (Å²) in [7, 11) is 0. The number of carbonyl (C=O) groups is 1. The van der Waals surface area contributed by atoms with Crippen molar-refractivity contribution >= 4 is 5.91 Å². The first kappa shape index (κ1) is 8.75. The minimum Gasteiger partial charge on any atom is -0.377 e. The fourth-order valence-corrected chi connectivity index (χ4v) is 2.53. The summed E-state index contributed by atoms with van der Waals surface area (Å²) < 4.78 is 0. The molecule has 72 valence electrons. The van der Waals surface area contributed by atoms with E-state index in [2.05, 4.69) is 17.5 Å². The van der Waals surface area contributed by atoms with Crippen LogP contribution in [0.1, 0.15) is 19.3 Å². The minimum absolute atomic E-state index is 0.0200. The maximum Gasteiger partial charge on any atom is 0.222 e. The highest BCUT2D eigenvalue weighted by Crippen LogP contribution is 2.44. The zero-order valence-electron chi connectivity index (χ0n) is 7.57. The number of amides is 1. The van der Waals surface area contributed by atoms with Crippen molar-refractivity contribution in [2.45, 2.75) is 19.3 Å². The van der Waals surface area contributed by atoms with Crippen LogP contribution in [0.3, 0.4) is 0 Å². The third kappa shape index (κ3) is 1.75. The summed E-state index contributed by atoms with van der Waals surface area (Å²) in [5.74, 6) is 1.83. The molecule has 13 heavy (non-hydrogen) atoms. The van der Waals surface area contributed by atoms with Crippen LogP contribution < -0.4 is 5.32 Å². The summed E-state index contributed by atoms with van der Waals surface area (Å²) in [6.07, 6.45) is 7.47. The Morgan fingerprint density at radius 2 is 2.31 bits per heavy atom. The highest BCUT2D eigenvalue weighted by Gasteiger charge is 2.36. The van der Waals surface area contributed by atoms with Crippen LogP contribution in [0, 0.1) is 17.8 Å². The molecule has 1 fully saturated rings. The molecule has 0 radical (unpaired) electrons. The van der Waals surface area contributed by atoms with E-state index in [1.165, 1.54) is 6.42 Å². The van der Waals surface area contributed by atoms with Gasteiger partial charge in [0.1, 0.15) is 6.73 Å². The van der Waals surface area contributed by atoms with Crippen LogP contribution in [0.4, 0.5) is 0 Å². The molecule has 1 saturated carbocycles. The van der Waals surface area contributed by atoms with Gasteiger partial charge in [0.15, 0.2) is 0 Å². The summed E-state index contributed by atoms with van der Waals surface area (Å²) in [4.78, 5) is 11.2. The molecular formula is C10H15NO2. The van der Waals surface area contributed by atoms with Crippen LogP contribution in [0.15, 0.2) is 12.2 Å². The minimum atomic E-state index is -0.241. The summed E-state index contributed by atoms with van der Waals surface area (Å²) in [5, 5.41) is 10.9. The number of rotatable bonds is 3. The molecule has 0 aromatic carbocycles. The van der Waals surface area contributed by atoms with E-state index in [0.717, 1.165) is 12.3 Å². The molecule has 0 aromatic heterocycles. The van der Waals surface area contributed by atoms with E-state index in [1.807, 2.05) is 0 Å². The smallest absolute Gasteiger partial charge is 0.222 e. The van der Waals surface area contributed by atoms with Crippen molar-refractivity contribution < 1.29 is 9.90 Å².